The molecule has 0 saturated carbocycles. The second-order valence-electron chi connectivity index (χ2n) is 9.44. The van der Waals surface area contributed by atoms with Crippen molar-refractivity contribution in [3.8, 4) is 5.75 Å². The van der Waals surface area contributed by atoms with Gasteiger partial charge in [-0.25, -0.2) is 9.18 Å². The van der Waals surface area contributed by atoms with E-state index < -0.39 is 5.72 Å². The van der Waals surface area contributed by atoms with Gasteiger partial charge in [-0.05, 0) is 73.0 Å². The SMILES string of the molecule is CC12CC(NC(=O)N1c1cccc(C(=O)N3CCc4cc(F)ccc4C3)c1)c1cc(Br)ccc1O2. The number of hydrogen-bond acceptors (Lipinski definition) is 3. The Morgan fingerprint density at radius 1 is 1.14 bits per heavy atom. The highest BCUT2D eigenvalue weighted by Gasteiger charge is 2.50. The van der Waals surface area contributed by atoms with Crippen LogP contribution in [-0.2, 0) is 13.0 Å². The van der Waals surface area contributed by atoms with Crippen molar-refractivity contribution < 1.29 is 18.7 Å². The molecule has 3 amide bonds. The molecule has 8 heteroatoms. The molecule has 6 nitrogen and oxygen atoms in total. The Kier molecular flexibility index (Phi) is 5.11. The molecular formula is C27H23BrFN3O3. The van der Waals surface area contributed by atoms with Crippen molar-refractivity contribution in [1.82, 2.24) is 10.2 Å². The molecule has 2 bridgehead atoms. The van der Waals surface area contributed by atoms with Gasteiger partial charge in [0.15, 0.2) is 5.72 Å². The maximum atomic E-state index is 13.6. The molecule has 2 unspecified atom stereocenters. The summed E-state index contributed by atoms with van der Waals surface area (Å²) in [4.78, 5) is 30.0. The van der Waals surface area contributed by atoms with Gasteiger partial charge in [0.25, 0.3) is 5.91 Å². The Balaban J connectivity index is 1.29. The normalized spacial score (nSPS) is 22.6. The first-order chi connectivity index (χ1) is 16.8. The molecule has 0 aliphatic carbocycles. The maximum Gasteiger partial charge on any atom is 0.325 e. The standard InChI is InChI=1S/C27H23BrFN3O3/c1-27-14-23(22-13-19(28)6-8-24(22)35-27)30-26(34)32(27)21-4-2-3-17(12-21)25(33)31-10-9-16-11-20(29)7-5-18(16)15-31/h2-8,11-13,23H,9-10,14-15H2,1H3,(H,30,34). The number of nitrogens with zero attached hydrogens (tertiary/aromatic N) is 2. The van der Waals surface area contributed by atoms with Gasteiger partial charge in [0.2, 0.25) is 0 Å². The van der Waals surface area contributed by atoms with Gasteiger partial charge in [0.05, 0.1) is 11.7 Å². The molecule has 1 fully saturated rings. The predicted octanol–water partition coefficient (Wildman–Crippen LogP) is 5.56. The minimum atomic E-state index is -0.899. The molecule has 1 N–H and O–H groups in total. The number of ether oxygens (including phenoxy) is 1. The summed E-state index contributed by atoms with van der Waals surface area (Å²) in [6.07, 6.45) is 1.18. The number of rotatable bonds is 2. The van der Waals surface area contributed by atoms with Crippen LogP contribution in [0.4, 0.5) is 14.9 Å². The number of nitrogens with one attached hydrogen (secondary N) is 1. The van der Waals surface area contributed by atoms with E-state index in [1.165, 1.54) is 6.07 Å². The predicted molar refractivity (Wildman–Crippen MR) is 133 cm³/mol. The van der Waals surface area contributed by atoms with Crippen LogP contribution in [0.3, 0.4) is 0 Å². The molecule has 6 rings (SSSR count). The zero-order valence-corrected chi connectivity index (χ0v) is 20.6. The number of carbonyl (C=O) groups excluding carboxylic acids is 2. The lowest BCUT2D eigenvalue weighted by molar-refractivity contribution is 0.0377. The van der Waals surface area contributed by atoms with Crippen LogP contribution in [0.2, 0.25) is 0 Å². The van der Waals surface area contributed by atoms with E-state index in [0.717, 1.165) is 26.9 Å². The molecular weight excluding hydrogens is 513 g/mol. The Hall–Kier alpha value is -3.39. The third-order valence-corrected chi connectivity index (χ3v) is 7.55. The number of fused-ring (bicyclic) bond motifs is 5. The lowest BCUT2D eigenvalue weighted by Crippen LogP contribution is -2.65. The van der Waals surface area contributed by atoms with Gasteiger partial charge >= 0.3 is 6.03 Å². The van der Waals surface area contributed by atoms with Gasteiger partial charge in [-0.15, -0.1) is 0 Å². The third-order valence-electron chi connectivity index (χ3n) is 7.05. The first kappa shape index (κ1) is 22.1. The Morgan fingerprint density at radius 2 is 2.00 bits per heavy atom. The van der Waals surface area contributed by atoms with Gasteiger partial charge in [0, 0.05) is 35.1 Å². The van der Waals surface area contributed by atoms with Crippen molar-refractivity contribution in [2.45, 2.75) is 38.1 Å². The van der Waals surface area contributed by atoms with E-state index in [0.29, 0.717) is 37.2 Å². The van der Waals surface area contributed by atoms with Gasteiger partial charge < -0.3 is 15.0 Å². The summed E-state index contributed by atoms with van der Waals surface area (Å²) in [6.45, 7) is 2.84. The van der Waals surface area contributed by atoms with Gasteiger partial charge in [0.1, 0.15) is 11.6 Å². The number of benzene rings is 3. The second-order valence-corrected chi connectivity index (χ2v) is 10.4. The zero-order chi connectivity index (χ0) is 24.3. The maximum absolute atomic E-state index is 13.6. The Morgan fingerprint density at radius 3 is 2.86 bits per heavy atom. The highest BCUT2D eigenvalue weighted by Crippen LogP contribution is 2.46. The average Bonchev–Trinajstić information content (AvgIpc) is 2.83. The number of urea groups is 1. The number of carbonyl (C=O) groups is 2. The summed E-state index contributed by atoms with van der Waals surface area (Å²) in [5.74, 6) is 0.349. The Labute approximate surface area is 210 Å². The zero-order valence-electron chi connectivity index (χ0n) is 19.1. The molecule has 0 radical (unpaired) electrons. The first-order valence-electron chi connectivity index (χ1n) is 11.6. The summed E-state index contributed by atoms with van der Waals surface area (Å²) in [7, 11) is 0. The van der Waals surface area contributed by atoms with Crippen LogP contribution in [0.5, 0.6) is 5.75 Å². The number of halogens is 2. The molecule has 3 aromatic carbocycles. The van der Waals surface area contributed by atoms with E-state index in [4.69, 9.17) is 4.74 Å². The smallest absolute Gasteiger partial charge is 0.325 e. The monoisotopic (exact) mass is 535 g/mol. The molecule has 1 saturated heterocycles. The lowest BCUT2D eigenvalue weighted by atomic mass is 9.90. The molecule has 3 aromatic rings. The van der Waals surface area contributed by atoms with Crippen molar-refractivity contribution in [2.24, 2.45) is 0 Å². The summed E-state index contributed by atoms with van der Waals surface area (Å²) in [5.41, 5.74) is 3.03. The fourth-order valence-corrected chi connectivity index (χ4v) is 5.77. The largest absolute Gasteiger partial charge is 0.467 e. The first-order valence-corrected chi connectivity index (χ1v) is 12.4. The molecule has 3 aliphatic rings. The van der Waals surface area contributed by atoms with Crippen LogP contribution in [0.1, 0.15) is 46.4 Å². The highest BCUT2D eigenvalue weighted by molar-refractivity contribution is 9.10. The van der Waals surface area contributed by atoms with Gasteiger partial charge in [-0.2, -0.15) is 0 Å². The second kappa shape index (κ2) is 8.09. The third kappa shape index (κ3) is 3.76. The quantitative estimate of drug-likeness (QED) is 0.467. The van der Waals surface area contributed by atoms with E-state index in [9.17, 15) is 14.0 Å². The van der Waals surface area contributed by atoms with Crippen LogP contribution in [0, 0.1) is 5.82 Å². The molecule has 3 heterocycles. The summed E-state index contributed by atoms with van der Waals surface area (Å²) in [5, 5.41) is 3.09. The van der Waals surface area contributed by atoms with Gasteiger partial charge in [-0.1, -0.05) is 28.1 Å². The van der Waals surface area contributed by atoms with E-state index in [1.807, 2.05) is 31.2 Å². The highest BCUT2D eigenvalue weighted by atomic mass is 79.9. The fraction of sp³-hybridized carbons (Fsp3) is 0.259. The molecule has 0 aromatic heterocycles. The summed E-state index contributed by atoms with van der Waals surface area (Å²) < 4.78 is 20.9. The lowest BCUT2D eigenvalue weighted by Gasteiger charge is -2.50. The van der Waals surface area contributed by atoms with E-state index in [1.54, 1.807) is 40.1 Å². The Bertz CT molecular complexity index is 1380. The molecule has 3 aliphatic heterocycles. The van der Waals surface area contributed by atoms with Crippen molar-refractivity contribution in [2.75, 3.05) is 11.4 Å². The van der Waals surface area contributed by atoms with Crippen LogP contribution >= 0.6 is 15.9 Å². The van der Waals surface area contributed by atoms with Crippen LogP contribution in [-0.4, -0.2) is 29.1 Å². The van der Waals surface area contributed by atoms with Crippen LogP contribution in [0.25, 0.3) is 0 Å². The number of amides is 3. The molecule has 178 valence electrons. The van der Waals surface area contributed by atoms with Crippen molar-refractivity contribution >= 4 is 33.6 Å². The molecule has 2 atom stereocenters. The molecule has 0 spiro atoms. The minimum Gasteiger partial charge on any atom is -0.467 e. The van der Waals surface area contributed by atoms with Crippen molar-refractivity contribution in [3.63, 3.8) is 0 Å². The number of hydrogen-bond donors (Lipinski definition) is 1. The molecule has 35 heavy (non-hydrogen) atoms. The van der Waals surface area contributed by atoms with Crippen molar-refractivity contribution in [1.29, 1.82) is 0 Å². The fourth-order valence-electron chi connectivity index (χ4n) is 5.39. The van der Waals surface area contributed by atoms with Crippen molar-refractivity contribution in [3.05, 3.63) is 93.2 Å². The average molecular weight is 536 g/mol. The van der Waals surface area contributed by atoms with E-state index >= 15 is 0 Å². The summed E-state index contributed by atoms with van der Waals surface area (Å²) >= 11 is 3.49. The minimum absolute atomic E-state index is 0.123. The van der Waals surface area contributed by atoms with Crippen LogP contribution in [0.15, 0.2) is 65.1 Å². The van der Waals surface area contributed by atoms with Crippen LogP contribution < -0.4 is 15.0 Å². The summed E-state index contributed by atoms with van der Waals surface area (Å²) in [6, 6.07) is 17.2. The van der Waals surface area contributed by atoms with Gasteiger partial charge in [-0.3, -0.25) is 9.69 Å². The topological polar surface area (TPSA) is 61.9 Å². The van der Waals surface area contributed by atoms with E-state index in [-0.39, 0.29) is 23.8 Å². The number of anilines is 1. The van der Waals surface area contributed by atoms with E-state index in [2.05, 4.69) is 21.2 Å².